The highest BCUT2D eigenvalue weighted by Crippen LogP contribution is 2.41. The lowest BCUT2D eigenvalue weighted by molar-refractivity contribution is -0.278. The summed E-state index contributed by atoms with van der Waals surface area (Å²) in [7, 11) is 0. The van der Waals surface area contributed by atoms with Gasteiger partial charge in [-0.15, -0.1) is 11.6 Å². The van der Waals surface area contributed by atoms with E-state index in [1.54, 1.807) is 0 Å². The lowest BCUT2D eigenvalue weighted by Crippen LogP contribution is -2.52. The van der Waals surface area contributed by atoms with Crippen LogP contribution in [0.5, 0.6) is 0 Å². The third-order valence-corrected chi connectivity index (χ3v) is 3.47. The van der Waals surface area contributed by atoms with Crippen LogP contribution in [-0.4, -0.2) is 42.1 Å². The molecule has 1 fully saturated rings. The molecule has 1 saturated heterocycles. The molecule has 9 heteroatoms. The standard InChI is InChI=1S/C11H14ClF6NO/c12-4-3-7-2-1-5-19(6-7)9(20)8(10(13,14)15)11(16,17)18/h7-8H,1-6H2. The first kappa shape index (κ1) is 17.4. The zero-order chi connectivity index (χ0) is 15.6. The van der Waals surface area contributed by atoms with Crippen molar-refractivity contribution in [2.24, 2.45) is 11.8 Å². The van der Waals surface area contributed by atoms with Crippen molar-refractivity contribution in [3.05, 3.63) is 0 Å². The molecule has 1 rings (SSSR count). The summed E-state index contributed by atoms with van der Waals surface area (Å²) in [5.74, 6) is -5.74. The van der Waals surface area contributed by atoms with Gasteiger partial charge < -0.3 is 4.90 Å². The molecular weight excluding hydrogens is 312 g/mol. The van der Waals surface area contributed by atoms with Crippen LogP contribution in [0.25, 0.3) is 0 Å². The number of carbonyl (C=O) groups excluding carboxylic acids is 1. The van der Waals surface area contributed by atoms with E-state index in [2.05, 4.69) is 0 Å². The smallest absolute Gasteiger partial charge is 0.342 e. The highest BCUT2D eigenvalue weighted by atomic mass is 35.5. The van der Waals surface area contributed by atoms with Gasteiger partial charge in [0.05, 0.1) is 0 Å². The van der Waals surface area contributed by atoms with Crippen LogP contribution in [-0.2, 0) is 4.79 Å². The molecule has 2 nitrogen and oxygen atoms in total. The van der Waals surface area contributed by atoms with Crippen molar-refractivity contribution in [3.8, 4) is 0 Å². The maximum atomic E-state index is 12.5. The number of carbonyl (C=O) groups is 1. The van der Waals surface area contributed by atoms with Gasteiger partial charge in [-0.25, -0.2) is 0 Å². The van der Waals surface area contributed by atoms with Crippen LogP contribution >= 0.6 is 11.6 Å². The molecule has 118 valence electrons. The Kier molecular flexibility index (Phi) is 5.57. The van der Waals surface area contributed by atoms with Crippen molar-refractivity contribution in [1.82, 2.24) is 4.90 Å². The molecule has 1 unspecified atom stereocenters. The number of amides is 1. The van der Waals surface area contributed by atoms with Crippen LogP contribution in [0.2, 0.25) is 0 Å². The molecule has 0 aromatic carbocycles. The lowest BCUT2D eigenvalue weighted by atomic mass is 9.94. The van der Waals surface area contributed by atoms with Crippen LogP contribution in [0.15, 0.2) is 0 Å². The van der Waals surface area contributed by atoms with Crippen molar-refractivity contribution >= 4 is 17.5 Å². The van der Waals surface area contributed by atoms with E-state index in [0.29, 0.717) is 24.2 Å². The first-order valence-corrected chi connectivity index (χ1v) is 6.59. The largest absolute Gasteiger partial charge is 0.409 e. The molecule has 1 aliphatic heterocycles. The third-order valence-electron chi connectivity index (χ3n) is 3.25. The van der Waals surface area contributed by atoms with E-state index >= 15 is 0 Å². The van der Waals surface area contributed by atoms with Crippen LogP contribution in [0.1, 0.15) is 19.3 Å². The number of alkyl halides is 7. The van der Waals surface area contributed by atoms with Crippen molar-refractivity contribution in [1.29, 1.82) is 0 Å². The fraction of sp³-hybridized carbons (Fsp3) is 0.909. The van der Waals surface area contributed by atoms with Gasteiger partial charge in [0.15, 0.2) is 0 Å². The molecule has 0 aromatic rings. The molecule has 1 heterocycles. The Labute approximate surface area is 117 Å². The summed E-state index contributed by atoms with van der Waals surface area (Å²) in [6, 6.07) is 0. The third kappa shape index (κ3) is 4.43. The average molecular weight is 326 g/mol. The maximum Gasteiger partial charge on any atom is 0.409 e. The topological polar surface area (TPSA) is 20.3 Å². The molecule has 0 aliphatic carbocycles. The van der Waals surface area contributed by atoms with Crippen molar-refractivity contribution in [2.45, 2.75) is 31.6 Å². The summed E-state index contributed by atoms with van der Waals surface area (Å²) in [5.41, 5.74) is 0. The monoisotopic (exact) mass is 325 g/mol. The zero-order valence-electron chi connectivity index (χ0n) is 10.4. The van der Waals surface area contributed by atoms with Gasteiger partial charge in [0.25, 0.3) is 0 Å². The number of nitrogens with zero attached hydrogens (tertiary/aromatic N) is 1. The molecule has 0 saturated carbocycles. The predicted molar refractivity (Wildman–Crippen MR) is 60.2 cm³/mol. The second kappa shape index (κ2) is 6.41. The summed E-state index contributed by atoms with van der Waals surface area (Å²) in [6.45, 7) is -0.186. The molecule has 0 N–H and O–H groups in total. The van der Waals surface area contributed by atoms with Crippen LogP contribution < -0.4 is 0 Å². The normalized spacial score (nSPS) is 21.4. The van der Waals surface area contributed by atoms with Crippen molar-refractivity contribution in [3.63, 3.8) is 0 Å². The Hall–Kier alpha value is -0.660. The van der Waals surface area contributed by atoms with Gasteiger partial charge in [-0.2, -0.15) is 26.3 Å². The minimum absolute atomic E-state index is 0.0831. The fourth-order valence-electron chi connectivity index (χ4n) is 2.30. The van der Waals surface area contributed by atoms with Gasteiger partial charge >= 0.3 is 12.4 Å². The number of hydrogen-bond donors (Lipinski definition) is 0. The van der Waals surface area contributed by atoms with Gasteiger partial charge in [0, 0.05) is 19.0 Å². The van der Waals surface area contributed by atoms with E-state index in [0.717, 1.165) is 0 Å². The molecule has 1 amide bonds. The van der Waals surface area contributed by atoms with Crippen LogP contribution in [0, 0.1) is 11.8 Å². The van der Waals surface area contributed by atoms with E-state index in [-0.39, 0.29) is 24.9 Å². The highest BCUT2D eigenvalue weighted by molar-refractivity contribution is 6.17. The predicted octanol–water partition coefficient (Wildman–Crippen LogP) is 3.59. The fourth-order valence-corrected chi connectivity index (χ4v) is 2.61. The maximum absolute atomic E-state index is 12.5. The summed E-state index contributed by atoms with van der Waals surface area (Å²) < 4.78 is 74.9. The van der Waals surface area contributed by atoms with E-state index in [1.807, 2.05) is 0 Å². The van der Waals surface area contributed by atoms with Crippen LogP contribution in [0.3, 0.4) is 0 Å². The van der Waals surface area contributed by atoms with Gasteiger partial charge in [0.2, 0.25) is 11.8 Å². The van der Waals surface area contributed by atoms with E-state index in [9.17, 15) is 31.1 Å². The Morgan fingerprint density at radius 3 is 2.20 bits per heavy atom. The van der Waals surface area contributed by atoms with Gasteiger partial charge in [-0.1, -0.05) is 0 Å². The minimum Gasteiger partial charge on any atom is -0.342 e. The average Bonchev–Trinajstić information content (AvgIpc) is 2.25. The Bertz CT molecular complexity index is 327. The second-order valence-electron chi connectivity index (χ2n) is 4.79. The molecular formula is C11H14ClF6NO. The molecule has 1 aliphatic rings. The molecule has 20 heavy (non-hydrogen) atoms. The minimum atomic E-state index is -5.63. The zero-order valence-corrected chi connectivity index (χ0v) is 11.2. The first-order chi connectivity index (χ1) is 9.07. The van der Waals surface area contributed by atoms with Gasteiger partial charge in [-0.3, -0.25) is 4.79 Å². The summed E-state index contributed by atoms with van der Waals surface area (Å²) in [4.78, 5) is 12.3. The van der Waals surface area contributed by atoms with Crippen molar-refractivity contribution < 1.29 is 31.1 Å². The summed E-state index contributed by atoms with van der Waals surface area (Å²) in [5, 5.41) is 0. The molecule has 0 spiro atoms. The van der Waals surface area contributed by atoms with E-state index in [1.165, 1.54) is 0 Å². The Morgan fingerprint density at radius 1 is 1.20 bits per heavy atom. The second-order valence-corrected chi connectivity index (χ2v) is 5.16. The number of hydrogen-bond acceptors (Lipinski definition) is 1. The number of rotatable bonds is 3. The summed E-state index contributed by atoms with van der Waals surface area (Å²) >= 11 is 5.51. The number of halogens is 7. The Balaban J connectivity index is 2.85. The molecule has 0 aromatic heterocycles. The molecule has 0 bridgehead atoms. The Morgan fingerprint density at radius 2 is 1.75 bits per heavy atom. The van der Waals surface area contributed by atoms with Crippen molar-refractivity contribution in [2.75, 3.05) is 19.0 Å². The quantitative estimate of drug-likeness (QED) is 0.573. The number of likely N-dealkylation sites (tertiary alicyclic amines) is 1. The number of piperidine rings is 1. The highest BCUT2D eigenvalue weighted by Gasteiger charge is 2.62. The van der Waals surface area contributed by atoms with Crippen LogP contribution in [0.4, 0.5) is 26.3 Å². The SMILES string of the molecule is O=C(C(C(F)(F)F)C(F)(F)F)N1CCCC(CCCl)C1. The molecule has 0 radical (unpaired) electrons. The summed E-state index contributed by atoms with van der Waals surface area (Å²) in [6.07, 6.45) is -9.76. The van der Waals surface area contributed by atoms with Gasteiger partial charge in [-0.05, 0) is 25.2 Å². The van der Waals surface area contributed by atoms with E-state index in [4.69, 9.17) is 11.6 Å². The first-order valence-electron chi connectivity index (χ1n) is 6.05. The molecule has 1 atom stereocenters. The van der Waals surface area contributed by atoms with E-state index < -0.39 is 24.2 Å². The van der Waals surface area contributed by atoms with Gasteiger partial charge in [0.1, 0.15) is 0 Å². The lowest BCUT2D eigenvalue weighted by Gasteiger charge is -2.35.